The third-order valence-corrected chi connectivity index (χ3v) is 3.12. The highest BCUT2D eigenvalue weighted by atomic mass is 32.2. The summed E-state index contributed by atoms with van der Waals surface area (Å²) in [5.74, 6) is 0. The molecule has 1 unspecified atom stereocenters. The minimum absolute atomic E-state index is 0.0152. The molecule has 1 fully saturated rings. The van der Waals surface area contributed by atoms with Crippen LogP contribution in [0.1, 0.15) is 13.8 Å². The first kappa shape index (κ1) is 7.76. The smallest absolute Gasteiger partial charge is 0.328 e. The molecule has 5 heteroatoms. The van der Waals surface area contributed by atoms with Gasteiger partial charge in [0.2, 0.25) is 0 Å². The van der Waals surface area contributed by atoms with Crippen LogP contribution in [-0.2, 0) is 4.52 Å². The maximum atomic E-state index is 8.38. The number of hydrogen-bond acceptors (Lipinski definition) is 4. The van der Waals surface area contributed by atoms with Crippen molar-refractivity contribution < 1.29 is 14.3 Å². The van der Waals surface area contributed by atoms with E-state index < -0.39 is 8.60 Å². The average molecular weight is 168 g/mol. The molecule has 1 saturated heterocycles. The zero-order valence-electron chi connectivity index (χ0n) is 5.24. The highest BCUT2D eigenvalue weighted by Gasteiger charge is 2.49. The van der Waals surface area contributed by atoms with Crippen LogP contribution in [0.4, 0.5) is 0 Å². The van der Waals surface area contributed by atoms with Crippen LogP contribution < -0.4 is 0 Å². The van der Waals surface area contributed by atoms with Gasteiger partial charge in [-0.2, -0.15) is 0 Å². The number of hydrogen-bond donors (Lipinski definition) is 2. The van der Waals surface area contributed by atoms with Gasteiger partial charge in [-0.25, -0.2) is 0 Å². The fraction of sp³-hybridized carbons (Fsp3) is 1.00. The zero-order chi connectivity index (χ0) is 7.07. The molecule has 0 spiro atoms. The number of thioether (sulfide) groups is 1. The summed E-state index contributed by atoms with van der Waals surface area (Å²) in [6.45, 7) is 4.00. The van der Waals surface area contributed by atoms with Crippen LogP contribution in [0.2, 0.25) is 0 Å². The molecule has 0 aromatic rings. The van der Waals surface area contributed by atoms with E-state index in [4.69, 9.17) is 14.3 Å². The van der Waals surface area contributed by atoms with Crippen molar-refractivity contribution in [3.05, 3.63) is 0 Å². The zero-order valence-corrected chi connectivity index (χ0v) is 6.95. The summed E-state index contributed by atoms with van der Waals surface area (Å²) >= 11 is 1.60. The maximum Gasteiger partial charge on any atom is 0.328 e. The van der Waals surface area contributed by atoms with Crippen LogP contribution in [0.3, 0.4) is 0 Å². The van der Waals surface area contributed by atoms with Gasteiger partial charge >= 0.3 is 8.60 Å². The Morgan fingerprint density at radius 2 is 2.00 bits per heavy atom. The van der Waals surface area contributed by atoms with E-state index in [0.29, 0.717) is 0 Å². The van der Waals surface area contributed by atoms with Crippen molar-refractivity contribution in [2.75, 3.05) is 0 Å². The molecule has 0 bridgehead atoms. The molecule has 0 amide bonds. The van der Waals surface area contributed by atoms with Gasteiger partial charge in [-0.15, -0.1) is 11.8 Å². The monoisotopic (exact) mass is 168 g/mol. The van der Waals surface area contributed by atoms with Crippen molar-refractivity contribution in [1.29, 1.82) is 0 Å². The van der Waals surface area contributed by atoms with Crippen molar-refractivity contribution in [3.8, 4) is 0 Å². The predicted octanol–water partition coefficient (Wildman–Crippen LogP) is 1.07. The lowest BCUT2D eigenvalue weighted by atomic mass is 10.2. The molecule has 0 aliphatic carbocycles. The SMILES string of the molecule is CC1(C)SC1OP(O)O. The standard InChI is InChI=1S/C4H9O3PS/c1-4(2)3(9-4)7-8(5)6/h3,5-6H,1-2H3. The third-order valence-electron chi connectivity index (χ3n) is 1.11. The van der Waals surface area contributed by atoms with Gasteiger partial charge in [0.05, 0.1) is 0 Å². The van der Waals surface area contributed by atoms with Crippen LogP contribution in [0.25, 0.3) is 0 Å². The topological polar surface area (TPSA) is 49.7 Å². The van der Waals surface area contributed by atoms with E-state index >= 15 is 0 Å². The van der Waals surface area contributed by atoms with Crippen molar-refractivity contribution in [2.45, 2.75) is 24.0 Å². The van der Waals surface area contributed by atoms with E-state index in [0.717, 1.165) is 0 Å². The lowest BCUT2D eigenvalue weighted by molar-refractivity contribution is 0.239. The molecule has 1 aliphatic rings. The number of rotatable bonds is 2. The van der Waals surface area contributed by atoms with Crippen LogP contribution >= 0.6 is 20.4 Å². The van der Waals surface area contributed by atoms with Crippen LogP contribution in [0, 0.1) is 0 Å². The Hall–Kier alpha value is 0.660. The second-order valence-electron chi connectivity index (χ2n) is 2.41. The quantitative estimate of drug-likeness (QED) is 0.478. The normalized spacial score (nSPS) is 31.0. The Morgan fingerprint density at radius 1 is 1.56 bits per heavy atom. The largest absolute Gasteiger partial charge is 0.328 e. The summed E-state index contributed by atoms with van der Waals surface area (Å²) in [7, 11) is -2.16. The van der Waals surface area contributed by atoms with Crippen molar-refractivity contribution >= 4 is 20.4 Å². The molecule has 1 heterocycles. The molecule has 0 radical (unpaired) electrons. The van der Waals surface area contributed by atoms with E-state index in [9.17, 15) is 0 Å². The molecule has 2 N–H and O–H groups in total. The first-order valence-corrected chi connectivity index (χ1v) is 4.59. The van der Waals surface area contributed by atoms with Crippen molar-refractivity contribution in [1.82, 2.24) is 0 Å². The molecule has 0 aromatic carbocycles. The minimum atomic E-state index is -2.16. The highest BCUT2D eigenvalue weighted by molar-refractivity contribution is 8.08. The van der Waals surface area contributed by atoms with Gasteiger partial charge in [0, 0.05) is 4.75 Å². The maximum absolute atomic E-state index is 8.38. The lowest BCUT2D eigenvalue weighted by Crippen LogP contribution is -2.03. The summed E-state index contributed by atoms with van der Waals surface area (Å²) in [4.78, 5) is 16.8. The van der Waals surface area contributed by atoms with E-state index in [-0.39, 0.29) is 10.2 Å². The molecule has 1 atom stereocenters. The van der Waals surface area contributed by atoms with Gasteiger partial charge in [-0.05, 0) is 13.8 Å². The Kier molecular flexibility index (Phi) is 2.04. The van der Waals surface area contributed by atoms with Gasteiger partial charge in [0.25, 0.3) is 0 Å². The molecule has 9 heavy (non-hydrogen) atoms. The Labute approximate surface area is 59.4 Å². The molecule has 1 aliphatic heterocycles. The van der Waals surface area contributed by atoms with Gasteiger partial charge < -0.3 is 9.79 Å². The molecular weight excluding hydrogens is 159 g/mol. The highest BCUT2D eigenvalue weighted by Crippen LogP contribution is 2.57. The third kappa shape index (κ3) is 2.06. The predicted molar refractivity (Wildman–Crippen MR) is 37.9 cm³/mol. The summed E-state index contributed by atoms with van der Waals surface area (Å²) in [5, 5.41) is 0. The first-order valence-electron chi connectivity index (χ1n) is 2.55. The van der Waals surface area contributed by atoms with Crippen LogP contribution in [0.15, 0.2) is 0 Å². The Bertz CT molecular complexity index is 116. The van der Waals surface area contributed by atoms with Gasteiger partial charge in [-0.3, -0.25) is 4.52 Å². The van der Waals surface area contributed by atoms with Gasteiger partial charge in [-0.1, -0.05) is 0 Å². The van der Waals surface area contributed by atoms with Crippen LogP contribution in [-0.4, -0.2) is 20.0 Å². The summed E-state index contributed by atoms with van der Waals surface area (Å²) in [6.07, 6.45) is 0. The Morgan fingerprint density at radius 3 is 2.11 bits per heavy atom. The molecule has 1 rings (SSSR count). The van der Waals surface area contributed by atoms with E-state index in [1.54, 1.807) is 11.8 Å². The molecular formula is C4H9O3PS. The van der Waals surface area contributed by atoms with E-state index in [2.05, 4.69) is 0 Å². The summed E-state index contributed by atoms with van der Waals surface area (Å²) in [5.41, 5.74) is -0.0152. The van der Waals surface area contributed by atoms with Gasteiger partial charge in [0.1, 0.15) is 5.44 Å². The average Bonchev–Trinajstić information content (AvgIpc) is 2.10. The fourth-order valence-corrected chi connectivity index (χ4v) is 1.92. The molecule has 54 valence electrons. The van der Waals surface area contributed by atoms with Crippen molar-refractivity contribution in [2.24, 2.45) is 0 Å². The second-order valence-corrected chi connectivity index (χ2v) is 4.84. The van der Waals surface area contributed by atoms with E-state index in [1.165, 1.54) is 0 Å². The molecule has 3 nitrogen and oxygen atoms in total. The second kappa shape index (κ2) is 2.36. The molecule has 0 saturated carbocycles. The van der Waals surface area contributed by atoms with Crippen molar-refractivity contribution in [3.63, 3.8) is 0 Å². The van der Waals surface area contributed by atoms with E-state index in [1.807, 2.05) is 13.8 Å². The molecule has 0 aromatic heterocycles. The Balaban J connectivity index is 2.20. The summed E-state index contributed by atoms with van der Waals surface area (Å²) < 4.78 is 4.80. The fourth-order valence-electron chi connectivity index (χ4n) is 0.476. The minimum Gasteiger partial charge on any atom is -0.328 e. The van der Waals surface area contributed by atoms with Crippen LogP contribution in [0.5, 0.6) is 0 Å². The van der Waals surface area contributed by atoms with Gasteiger partial charge in [0.15, 0.2) is 0 Å². The first-order chi connectivity index (χ1) is 4.02. The summed E-state index contributed by atoms with van der Waals surface area (Å²) in [6, 6.07) is 0. The lowest BCUT2D eigenvalue weighted by Gasteiger charge is -2.01.